The van der Waals surface area contributed by atoms with Crippen LogP contribution in [0, 0.1) is 0 Å². The number of hydrogen-bond acceptors (Lipinski definition) is 4. The summed E-state index contributed by atoms with van der Waals surface area (Å²) in [5.74, 6) is -2.02. The predicted octanol–water partition coefficient (Wildman–Crippen LogP) is -0.370. The van der Waals surface area contributed by atoms with Gasteiger partial charge in [-0.1, -0.05) is 0 Å². The van der Waals surface area contributed by atoms with Crippen LogP contribution < -0.4 is 10.6 Å². The number of aliphatic carboxylic acids is 1. The minimum atomic E-state index is -1.25. The lowest BCUT2D eigenvalue weighted by molar-refractivity contribution is -0.131. The summed E-state index contributed by atoms with van der Waals surface area (Å²) in [6.07, 6.45) is 3.02. The third kappa shape index (κ3) is 4.64. The molecule has 0 spiro atoms. The Balaban J connectivity index is 2.21. The van der Waals surface area contributed by atoms with Crippen molar-refractivity contribution in [2.45, 2.75) is 25.0 Å². The van der Waals surface area contributed by atoms with Gasteiger partial charge in [0.15, 0.2) is 0 Å². The number of rotatable bonds is 4. The van der Waals surface area contributed by atoms with Gasteiger partial charge in [0.05, 0.1) is 6.10 Å². The van der Waals surface area contributed by atoms with Crippen LogP contribution in [0.2, 0.25) is 0 Å². The second-order valence-electron chi connectivity index (χ2n) is 3.66. The second-order valence-corrected chi connectivity index (χ2v) is 3.66. The van der Waals surface area contributed by atoms with Crippen LogP contribution in [0.25, 0.3) is 0 Å². The minimum Gasteiger partial charge on any atom is -0.478 e. The average molecular weight is 242 g/mol. The number of carbonyl (C=O) groups is 3. The number of carboxylic acid groups (broad SMARTS) is 1. The van der Waals surface area contributed by atoms with Gasteiger partial charge in [0, 0.05) is 25.3 Å². The summed E-state index contributed by atoms with van der Waals surface area (Å²) >= 11 is 0. The molecule has 1 aliphatic carbocycles. The first-order chi connectivity index (χ1) is 8.01. The SMILES string of the molecule is COC1CC(NC(=O)NC(=O)/C=C/C(=O)O)C1. The van der Waals surface area contributed by atoms with Crippen molar-refractivity contribution in [3.05, 3.63) is 12.2 Å². The van der Waals surface area contributed by atoms with Gasteiger partial charge < -0.3 is 15.2 Å². The number of carboxylic acids is 1. The van der Waals surface area contributed by atoms with Crippen molar-refractivity contribution in [3.63, 3.8) is 0 Å². The molecule has 0 saturated heterocycles. The van der Waals surface area contributed by atoms with E-state index in [0.29, 0.717) is 18.9 Å². The number of nitrogens with one attached hydrogen (secondary N) is 2. The minimum absolute atomic E-state index is 0.00352. The third-order valence-corrected chi connectivity index (χ3v) is 2.38. The molecule has 1 saturated carbocycles. The molecule has 0 aromatic carbocycles. The number of carbonyl (C=O) groups excluding carboxylic acids is 2. The molecule has 0 aliphatic heterocycles. The first-order valence-corrected chi connectivity index (χ1v) is 5.06. The maximum Gasteiger partial charge on any atom is 0.328 e. The number of imide groups is 1. The van der Waals surface area contributed by atoms with Gasteiger partial charge in [-0.25, -0.2) is 9.59 Å². The van der Waals surface area contributed by atoms with E-state index in [9.17, 15) is 14.4 Å². The van der Waals surface area contributed by atoms with Crippen molar-refractivity contribution in [3.8, 4) is 0 Å². The summed E-state index contributed by atoms with van der Waals surface area (Å²) in [6, 6.07) is -0.638. The molecule has 3 amide bonds. The highest BCUT2D eigenvalue weighted by Gasteiger charge is 2.30. The first-order valence-electron chi connectivity index (χ1n) is 5.06. The van der Waals surface area contributed by atoms with Crippen molar-refractivity contribution in [1.29, 1.82) is 0 Å². The Morgan fingerprint density at radius 3 is 2.47 bits per heavy atom. The van der Waals surface area contributed by atoms with E-state index in [1.165, 1.54) is 0 Å². The fourth-order valence-electron chi connectivity index (χ4n) is 1.40. The van der Waals surface area contributed by atoms with Gasteiger partial charge in [-0.3, -0.25) is 10.1 Å². The summed E-state index contributed by atoms with van der Waals surface area (Å²) in [5.41, 5.74) is 0. The number of ether oxygens (including phenoxy) is 1. The van der Waals surface area contributed by atoms with Crippen LogP contribution >= 0.6 is 0 Å². The van der Waals surface area contributed by atoms with Crippen LogP contribution in [-0.2, 0) is 14.3 Å². The molecule has 0 radical (unpaired) electrons. The van der Waals surface area contributed by atoms with Crippen molar-refractivity contribution < 1.29 is 24.2 Å². The molecule has 3 N–H and O–H groups in total. The van der Waals surface area contributed by atoms with Gasteiger partial charge in [0.1, 0.15) is 0 Å². The summed E-state index contributed by atoms with van der Waals surface area (Å²) < 4.78 is 5.03. The van der Waals surface area contributed by atoms with E-state index in [-0.39, 0.29) is 12.1 Å². The molecule has 7 nitrogen and oxygen atoms in total. The Hall–Kier alpha value is -1.89. The van der Waals surface area contributed by atoms with Gasteiger partial charge in [0.2, 0.25) is 0 Å². The smallest absolute Gasteiger partial charge is 0.328 e. The molecule has 0 unspecified atom stereocenters. The first kappa shape index (κ1) is 13.2. The Bertz CT molecular complexity index is 347. The predicted molar refractivity (Wildman–Crippen MR) is 57.3 cm³/mol. The van der Waals surface area contributed by atoms with Crippen molar-refractivity contribution >= 4 is 17.9 Å². The molecule has 0 heterocycles. The second kappa shape index (κ2) is 6.00. The normalized spacial score (nSPS) is 22.9. The third-order valence-electron chi connectivity index (χ3n) is 2.38. The van der Waals surface area contributed by atoms with Gasteiger partial charge >= 0.3 is 12.0 Å². The highest BCUT2D eigenvalue weighted by molar-refractivity contribution is 6.02. The molecule has 17 heavy (non-hydrogen) atoms. The lowest BCUT2D eigenvalue weighted by atomic mass is 9.89. The zero-order valence-corrected chi connectivity index (χ0v) is 9.30. The van der Waals surface area contributed by atoms with Gasteiger partial charge in [0.25, 0.3) is 5.91 Å². The van der Waals surface area contributed by atoms with Crippen molar-refractivity contribution in [2.75, 3.05) is 7.11 Å². The monoisotopic (exact) mass is 242 g/mol. The highest BCUT2D eigenvalue weighted by atomic mass is 16.5. The van der Waals surface area contributed by atoms with E-state index in [4.69, 9.17) is 9.84 Å². The van der Waals surface area contributed by atoms with Gasteiger partial charge in [-0.05, 0) is 12.8 Å². The molecule has 0 aromatic heterocycles. The van der Waals surface area contributed by atoms with Gasteiger partial charge in [-0.15, -0.1) is 0 Å². The molecule has 94 valence electrons. The quantitative estimate of drug-likeness (QED) is 0.583. The fourth-order valence-corrected chi connectivity index (χ4v) is 1.40. The van der Waals surface area contributed by atoms with E-state index < -0.39 is 17.9 Å². The molecule has 1 aliphatic rings. The van der Waals surface area contributed by atoms with Crippen LogP contribution in [0.3, 0.4) is 0 Å². The fraction of sp³-hybridized carbons (Fsp3) is 0.500. The molecule has 0 bridgehead atoms. The number of hydrogen-bond donors (Lipinski definition) is 3. The molecule has 0 aromatic rings. The standard InChI is InChI=1S/C10H14N2O5/c1-17-7-4-6(5-7)11-10(16)12-8(13)2-3-9(14)15/h2-3,6-7H,4-5H2,1H3,(H,14,15)(H2,11,12,13,16)/b3-2+. The molecule has 7 heteroatoms. The molecule has 1 rings (SSSR count). The molecule has 0 atom stereocenters. The van der Waals surface area contributed by atoms with E-state index >= 15 is 0 Å². The topological polar surface area (TPSA) is 105 Å². The summed E-state index contributed by atoms with van der Waals surface area (Å²) in [6.45, 7) is 0. The largest absolute Gasteiger partial charge is 0.478 e. The molecular weight excluding hydrogens is 228 g/mol. The summed E-state index contributed by atoms with van der Waals surface area (Å²) in [5, 5.41) is 12.8. The maximum atomic E-state index is 11.2. The Morgan fingerprint density at radius 1 is 1.29 bits per heavy atom. The lowest BCUT2D eigenvalue weighted by Gasteiger charge is -2.34. The Kier molecular flexibility index (Phi) is 4.65. The lowest BCUT2D eigenvalue weighted by Crippen LogP contribution is -2.51. The van der Waals surface area contributed by atoms with Gasteiger partial charge in [-0.2, -0.15) is 0 Å². The summed E-state index contributed by atoms with van der Waals surface area (Å²) in [7, 11) is 1.60. The van der Waals surface area contributed by atoms with E-state index in [2.05, 4.69) is 5.32 Å². The van der Waals surface area contributed by atoms with E-state index in [0.717, 1.165) is 6.08 Å². The van der Waals surface area contributed by atoms with Crippen LogP contribution in [0.5, 0.6) is 0 Å². The zero-order chi connectivity index (χ0) is 12.8. The van der Waals surface area contributed by atoms with Crippen LogP contribution in [-0.4, -0.2) is 42.3 Å². The maximum absolute atomic E-state index is 11.2. The zero-order valence-electron chi connectivity index (χ0n) is 9.30. The van der Waals surface area contributed by atoms with Crippen LogP contribution in [0.15, 0.2) is 12.2 Å². The Morgan fingerprint density at radius 2 is 1.94 bits per heavy atom. The molecule has 1 fully saturated rings. The number of urea groups is 1. The molecular formula is C10H14N2O5. The van der Waals surface area contributed by atoms with Crippen LogP contribution in [0.4, 0.5) is 4.79 Å². The van der Waals surface area contributed by atoms with Crippen LogP contribution in [0.1, 0.15) is 12.8 Å². The summed E-state index contributed by atoms with van der Waals surface area (Å²) in [4.78, 5) is 32.4. The van der Waals surface area contributed by atoms with E-state index in [1.54, 1.807) is 7.11 Å². The highest BCUT2D eigenvalue weighted by Crippen LogP contribution is 2.22. The van der Waals surface area contributed by atoms with E-state index in [1.807, 2.05) is 5.32 Å². The number of amides is 3. The van der Waals surface area contributed by atoms with Crippen molar-refractivity contribution in [2.24, 2.45) is 0 Å². The average Bonchev–Trinajstić information content (AvgIpc) is 2.19. The van der Waals surface area contributed by atoms with Crippen molar-refractivity contribution in [1.82, 2.24) is 10.6 Å². The number of methoxy groups -OCH3 is 1. The Labute approximate surface area is 97.8 Å².